The van der Waals surface area contributed by atoms with Crippen LogP contribution in [0.2, 0.25) is 0 Å². The predicted molar refractivity (Wildman–Crippen MR) is 67.2 cm³/mol. The summed E-state index contributed by atoms with van der Waals surface area (Å²) in [6.45, 7) is 3.56. The van der Waals surface area contributed by atoms with E-state index in [1.54, 1.807) is 0 Å². The van der Waals surface area contributed by atoms with Crippen molar-refractivity contribution in [2.24, 2.45) is 0 Å². The van der Waals surface area contributed by atoms with Crippen LogP contribution in [0.4, 0.5) is 0 Å². The normalized spacial score (nSPS) is 9.86. The van der Waals surface area contributed by atoms with Gasteiger partial charge in [0.15, 0.2) is 0 Å². The van der Waals surface area contributed by atoms with Gasteiger partial charge in [-0.25, -0.2) is 9.59 Å². The van der Waals surface area contributed by atoms with E-state index in [9.17, 15) is 18.0 Å². The molecule has 4 N–H and O–H groups in total. The standard InChI is InChI=1S/C8H6O7S.C3H7O.Li/c9-7(10)4-1-5(8(11)12)3-6(2-4)16(13,14)15;1-2-3-4;/h1-3H,(H,9,10)(H,11,12)(H,13,14,15);4H,1-3H2;/q;-1;+1. The Morgan fingerprint density at radius 3 is 1.57 bits per heavy atom. The zero-order valence-corrected chi connectivity index (χ0v) is 12.0. The van der Waals surface area contributed by atoms with Gasteiger partial charge in [-0.1, -0.05) is 0 Å². The molecule has 21 heavy (non-hydrogen) atoms. The Balaban J connectivity index is 0. The molecule has 0 aliphatic carbocycles. The topological polar surface area (TPSA) is 149 Å². The Hall–Kier alpha value is -1.37. The predicted octanol–water partition coefficient (Wildman–Crippen LogP) is -2.46. The molecule has 0 saturated heterocycles. The number of aromatic carboxylic acids is 2. The van der Waals surface area contributed by atoms with Crippen LogP contribution < -0.4 is 18.9 Å². The Labute approximate surface area is 133 Å². The monoisotopic (exact) mass is 312 g/mol. The molecule has 8 nitrogen and oxygen atoms in total. The van der Waals surface area contributed by atoms with E-state index >= 15 is 0 Å². The minimum absolute atomic E-state index is 0. The molecular weight excluding hydrogens is 299 g/mol. The van der Waals surface area contributed by atoms with E-state index < -0.39 is 38.1 Å². The summed E-state index contributed by atoms with van der Waals surface area (Å²) in [6, 6.07) is 2.13. The number of benzene rings is 1. The molecule has 1 rings (SSSR count). The molecule has 1 aromatic carbocycles. The minimum atomic E-state index is -4.64. The summed E-state index contributed by atoms with van der Waals surface area (Å²) in [5.41, 5.74) is -1.07. The van der Waals surface area contributed by atoms with E-state index in [0.717, 1.165) is 6.07 Å². The first-order valence-corrected chi connectivity index (χ1v) is 6.56. The number of carboxylic acids is 2. The molecule has 1 aromatic rings. The Bertz CT molecular complexity index is 562. The van der Waals surface area contributed by atoms with Crippen molar-refractivity contribution in [1.29, 1.82) is 0 Å². The second-order valence-corrected chi connectivity index (χ2v) is 4.83. The van der Waals surface area contributed by atoms with Crippen LogP contribution in [0.3, 0.4) is 0 Å². The largest absolute Gasteiger partial charge is 1.00 e. The van der Waals surface area contributed by atoms with Crippen molar-refractivity contribution in [3.05, 3.63) is 36.2 Å². The van der Waals surface area contributed by atoms with E-state index in [1.807, 2.05) is 0 Å². The molecule has 0 aromatic heterocycles. The zero-order chi connectivity index (χ0) is 15.9. The fourth-order valence-corrected chi connectivity index (χ4v) is 1.55. The van der Waals surface area contributed by atoms with Gasteiger partial charge in [0.05, 0.1) is 16.0 Å². The number of aliphatic hydroxyl groups excluding tert-OH is 1. The van der Waals surface area contributed by atoms with Crippen LogP contribution in [0.15, 0.2) is 23.1 Å². The Kier molecular flexibility index (Phi) is 9.96. The van der Waals surface area contributed by atoms with Gasteiger partial charge in [0.1, 0.15) is 0 Å². The molecule has 0 bridgehead atoms. The third-order valence-corrected chi connectivity index (χ3v) is 2.69. The number of hydrogen-bond acceptors (Lipinski definition) is 5. The van der Waals surface area contributed by atoms with Crippen molar-refractivity contribution >= 4 is 22.1 Å². The number of rotatable bonds is 4. The van der Waals surface area contributed by atoms with Crippen molar-refractivity contribution < 1.29 is 56.7 Å². The SMILES string of the molecule is O=C(O)c1cc(C(=O)O)cc(S(=O)(=O)O)c1.[CH2-]CCO.[Li+]. The summed E-state index contributed by atoms with van der Waals surface area (Å²) in [4.78, 5) is 20.4. The van der Waals surface area contributed by atoms with Crippen molar-refractivity contribution in [3.8, 4) is 0 Å². The van der Waals surface area contributed by atoms with Crippen molar-refractivity contribution in [2.75, 3.05) is 6.61 Å². The van der Waals surface area contributed by atoms with Crippen molar-refractivity contribution in [3.63, 3.8) is 0 Å². The molecule has 10 heteroatoms. The summed E-state index contributed by atoms with van der Waals surface area (Å²) in [5, 5.41) is 25.0. The summed E-state index contributed by atoms with van der Waals surface area (Å²) < 4.78 is 30.2. The molecule has 0 spiro atoms. The van der Waals surface area contributed by atoms with Gasteiger partial charge in [-0.3, -0.25) is 4.55 Å². The van der Waals surface area contributed by atoms with Crippen molar-refractivity contribution in [2.45, 2.75) is 11.3 Å². The number of carbonyl (C=O) groups is 2. The first-order chi connectivity index (χ1) is 9.13. The average molecular weight is 312 g/mol. The molecule has 0 amide bonds. The molecule has 0 fully saturated rings. The van der Waals surface area contributed by atoms with Gasteiger partial charge in [0.2, 0.25) is 0 Å². The third-order valence-electron chi connectivity index (χ3n) is 1.86. The van der Waals surface area contributed by atoms with Gasteiger partial charge >= 0.3 is 30.8 Å². The quantitative estimate of drug-likeness (QED) is 0.271. The van der Waals surface area contributed by atoms with Crippen LogP contribution in [0.25, 0.3) is 0 Å². The van der Waals surface area contributed by atoms with Crippen LogP contribution in [-0.4, -0.2) is 46.8 Å². The van der Waals surface area contributed by atoms with Gasteiger partial charge in [0, 0.05) is 6.61 Å². The fraction of sp³-hybridized carbons (Fsp3) is 0.182. The van der Waals surface area contributed by atoms with Crippen LogP contribution in [0.1, 0.15) is 27.1 Å². The maximum absolute atomic E-state index is 10.8. The number of hydrogen-bond donors (Lipinski definition) is 4. The van der Waals surface area contributed by atoms with Crippen LogP contribution in [-0.2, 0) is 10.1 Å². The van der Waals surface area contributed by atoms with Crippen LogP contribution in [0.5, 0.6) is 0 Å². The summed E-state index contributed by atoms with van der Waals surface area (Å²) in [6.07, 6.45) is 0.625. The van der Waals surface area contributed by atoms with E-state index in [0.29, 0.717) is 18.6 Å². The van der Waals surface area contributed by atoms with Gasteiger partial charge < -0.3 is 22.2 Å². The van der Waals surface area contributed by atoms with E-state index in [2.05, 4.69) is 6.92 Å². The summed E-state index contributed by atoms with van der Waals surface area (Å²) in [7, 11) is -4.64. The van der Waals surface area contributed by atoms with Gasteiger partial charge in [-0.05, 0) is 18.2 Å². The molecule has 0 heterocycles. The van der Waals surface area contributed by atoms with Crippen LogP contribution >= 0.6 is 0 Å². The smallest absolute Gasteiger partial charge is 0.478 e. The molecule has 0 saturated carbocycles. The minimum Gasteiger partial charge on any atom is -0.478 e. The first-order valence-electron chi connectivity index (χ1n) is 5.12. The van der Waals surface area contributed by atoms with Gasteiger partial charge in [-0.2, -0.15) is 14.8 Å². The molecule has 112 valence electrons. The Morgan fingerprint density at radius 2 is 1.38 bits per heavy atom. The summed E-state index contributed by atoms with van der Waals surface area (Å²) in [5.74, 6) is -2.99. The van der Waals surface area contributed by atoms with E-state index in [-0.39, 0.29) is 25.5 Å². The number of carboxylic acid groups (broad SMARTS) is 2. The van der Waals surface area contributed by atoms with Gasteiger partial charge in [-0.15, -0.1) is 0 Å². The average Bonchev–Trinajstić information content (AvgIpc) is 2.37. The first kappa shape index (κ1) is 21.9. The molecule has 0 atom stereocenters. The molecular formula is C11H13LiO8S. The van der Waals surface area contributed by atoms with Crippen LogP contribution in [0, 0.1) is 6.92 Å². The molecule has 0 aliphatic heterocycles. The second-order valence-electron chi connectivity index (χ2n) is 3.41. The molecule has 0 aliphatic rings. The maximum Gasteiger partial charge on any atom is 1.00 e. The fourth-order valence-electron chi connectivity index (χ4n) is 0.995. The second kappa shape index (κ2) is 9.54. The van der Waals surface area contributed by atoms with E-state index in [4.69, 9.17) is 19.9 Å². The summed E-state index contributed by atoms with van der Waals surface area (Å²) >= 11 is 0. The number of aliphatic hydroxyl groups is 1. The third kappa shape index (κ3) is 7.84. The van der Waals surface area contributed by atoms with Gasteiger partial charge in [0.25, 0.3) is 10.1 Å². The van der Waals surface area contributed by atoms with Crippen molar-refractivity contribution in [1.82, 2.24) is 0 Å². The van der Waals surface area contributed by atoms with E-state index in [1.165, 1.54) is 0 Å². The Morgan fingerprint density at radius 1 is 1.05 bits per heavy atom. The molecule has 0 radical (unpaired) electrons. The molecule has 0 unspecified atom stereocenters. The zero-order valence-electron chi connectivity index (χ0n) is 11.2. The maximum atomic E-state index is 10.8.